The van der Waals surface area contributed by atoms with Crippen LogP contribution in [0.5, 0.6) is 0 Å². The van der Waals surface area contributed by atoms with Gasteiger partial charge in [0.05, 0.1) is 12.9 Å². The molecule has 1 aromatic heterocycles. The van der Waals surface area contributed by atoms with Gasteiger partial charge in [-0.2, -0.15) is 0 Å². The molecule has 1 aromatic rings. The van der Waals surface area contributed by atoms with Crippen molar-refractivity contribution >= 4 is 12.0 Å². The van der Waals surface area contributed by atoms with E-state index in [0.29, 0.717) is 18.4 Å². The molecule has 22 heavy (non-hydrogen) atoms. The normalized spacial score (nSPS) is 25.8. The van der Waals surface area contributed by atoms with Gasteiger partial charge in [-0.15, -0.1) is 0 Å². The lowest BCUT2D eigenvalue weighted by molar-refractivity contribution is -0.137. The first-order chi connectivity index (χ1) is 10.5. The largest absolute Gasteiger partial charge is 0.465 e. The molecule has 0 saturated heterocycles. The van der Waals surface area contributed by atoms with Crippen LogP contribution in [0.2, 0.25) is 0 Å². The molecule has 0 unspecified atom stereocenters. The smallest absolute Gasteiger partial charge is 0.330 e. The summed E-state index contributed by atoms with van der Waals surface area (Å²) in [6.45, 7) is 9.16. The molecule has 0 N–H and O–H groups in total. The molecular weight excluding hydrogens is 276 g/mol. The molecule has 1 fully saturated rings. The second-order valence-electron chi connectivity index (χ2n) is 6.80. The van der Waals surface area contributed by atoms with Crippen LogP contribution in [0.15, 0.2) is 22.8 Å². The van der Waals surface area contributed by atoms with Gasteiger partial charge >= 0.3 is 5.97 Å². The second-order valence-corrected chi connectivity index (χ2v) is 6.80. The molecule has 3 atom stereocenters. The number of esters is 1. The zero-order valence-corrected chi connectivity index (χ0v) is 14.2. The average Bonchev–Trinajstić information content (AvgIpc) is 2.94. The summed E-state index contributed by atoms with van der Waals surface area (Å²) in [5.41, 5.74) is 1.27. The minimum absolute atomic E-state index is 0.327. The Morgan fingerprint density at radius 3 is 2.91 bits per heavy atom. The van der Waals surface area contributed by atoms with Gasteiger partial charge in [0.15, 0.2) is 0 Å². The van der Waals surface area contributed by atoms with Gasteiger partial charge in [0, 0.05) is 6.08 Å². The Bertz CT molecular complexity index is 513. The average molecular weight is 304 g/mol. The zero-order chi connectivity index (χ0) is 16.1. The first-order valence-electron chi connectivity index (χ1n) is 8.44. The number of carbonyl (C=O) groups is 1. The van der Waals surface area contributed by atoms with E-state index < -0.39 is 0 Å². The molecule has 0 aromatic carbocycles. The number of carbonyl (C=O) groups excluding carboxylic acids is 1. The summed E-state index contributed by atoms with van der Waals surface area (Å²) in [7, 11) is 0. The van der Waals surface area contributed by atoms with Gasteiger partial charge in [0.25, 0.3) is 0 Å². The van der Waals surface area contributed by atoms with Crippen LogP contribution in [0.25, 0.3) is 6.08 Å². The highest BCUT2D eigenvalue weighted by molar-refractivity contribution is 5.86. The molecule has 2 rings (SSSR count). The molecule has 0 aliphatic heterocycles. The molecule has 3 nitrogen and oxygen atoms in total. The van der Waals surface area contributed by atoms with Crippen LogP contribution >= 0.6 is 0 Å². The summed E-state index contributed by atoms with van der Waals surface area (Å²) in [4.78, 5) is 11.4. The van der Waals surface area contributed by atoms with Crippen LogP contribution in [0.4, 0.5) is 0 Å². The topological polar surface area (TPSA) is 39.4 Å². The first kappa shape index (κ1) is 16.9. The predicted octanol–water partition coefficient (Wildman–Crippen LogP) is 5.03. The number of rotatable bonds is 5. The van der Waals surface area contributed by atoms with E-state index in [1.54, 1.807) is 13.0 Å². The number of furan rings is 1. The van der Waals surface area contributed by atoms with Crippen molar-refractivity contribution in [2.45, 2.75) is 52.9 Å². The minimum atomic E-state index is -0.327. The molecule has 0 bridgehead atoms. The van der Waals surface area contributed by atoms with E-state index in [-0.39, 0.29) is 5.97 Å². The van der Waals surface area contributed by atoms with Gasteiger partial charge in [-0.05, 0) is 61.1 Å². The van der Waals surface area contributed by atoms with Crippen molar-refractivity contribution in [3.05, 3.63) is 29.7 Å². The summed E-state index contributed by atoms with van der Waals surface area (Å²) < 4.78 is 10.5. The number of hydrogen-bond donors (Lipinski definition) is 0. The minimum Gasteiger partial charge on any atom is -0.465 e. The lowest BCUT2D eigenvalue weighted by atomic mass is 9.68. The summed E-state index contributed by atoms with van der Waals surface area (Å²) >= 11 is 0. The van der Waals surface area contributed by atoms with Crippen molar-refractivity contribution in [3.8, 4) is 0 Å². The maximum atomic E-state index is 11.4. The number of hydrogen-bond acceptors (Lipinski definition) is 3. The highest BCUT2D eigenvalue weighted by Gasteiger charge is 2.32. The van der Waals surface area contributed by atoms with E-state index >= 15 is 0 Å². The highest BCUT2D eigenvalue weighted by Crippen LogP contribution is 2.44. The molecule has 0 spiro atoms. The van der Waals surface area contributed by atoms with E-state index in [0.717, 1.165) is 17.6 Å². The summed E-state index contributed by atoms with van der Waals surface area (Å²) in [5.74, 6) is 3.14. The maximum Gasteiger partial charge on any atom is 0.330 e. The van der Waals surface area contributed by atoms with E-state index in [9.17, 15) is 4.79 Å². The Morgan fingerprint density at radius 1 is 1.45 bits per heavy atom. The summed E-state index contributed by atoms with van der Waals surface area (Å²) in [6, 6.07) is 2.08. The van der Waals surface area contributed by atoms with Crippen LogP contribution in [0.1, 0.15) is 64.2 Å². The molecule has 0 amide bonds. The molecular formula is C19H28O3. The lowest BCUT2D eigenvalue weighted by Gasteiger charge is -2.37. The van der Waals surface area contributed by atoms with Crippen molar-refractivity contribution in [1.29, 1.82) is 0 Å². The maximum absolute atomic E-state index is 11.4. The highest BCUT2D eigenvalue weighted by atomic mass is 16.5. The Labute approximate surface area is 133 Å². The van der Waals surface area contributed by atoms with Gasteiger partial charge in [0.2, 0.25) is 0 Å². The fourth-order valence-electron chi connectivity index (χ4n) is 3.58. The Kier molecular flexibility index (Phi) is 5.87. The summed E-state index contributed by atoms with van der Waals surface area (Å²) in [5, 5.41) is 0. The molecule has 1 saturated carbocycles. The third kappa shape index (κ3) is 4.25. The molecule has 3 heteroatoms. The zero-order valence-electron chi connectivity index (χ0n) is 14.2. The van der Waals surface area contributed by atoms with Crippen molar-refractivity contribution in [2.24, 2.45) is 17.8 Å². The van der Waals surface area contributed by atoms with Gasteiger partial charge in [-0.1, -0.05) is 27.2 Å². The van der Waals surface area contributed by atoms with Gasteiger partial charge in [0.1, 0.15) is 5.76 Å². The van der Waals surface area contributed by atoms with Crippen molar-refractivity contribution in [1.82, 2.24) is 0 Å². The van der Waals surface area contributed by atoms with Crippen LogP contribution in [0, 0.1) is 17.8 Å². The SMILES string of the molecule is CCOC(=O)/C=C/c1cc([C@@H]2C[C@H](C)CC[C@H]2C(C)C)co1. The van der Waals surface area contributed by atoms with Crippen molar-refractivity contribution in [3.63, 3.8) is 0 Å². The molecule has 0 radical (unpaired) electrons. The van der Waals surface area contributed by atoms with E-state index in [1.807, 2.05) is 6.26 Å². The Hall–Kier alpha value is -1.51. The Morgan fingerprint density at radius 2 is 2.23 bits per heavy atom. The van der Waals surface area contributed by atoms with Gasteiger partial charge < -0.3 is 9.15 Å². The van der Waals surface area contributed by atoms with Crippen molar-refractivity contribution < 1.29 is 13.9 Å². The van der Waals surface area contributed by atoms with E-state index in [2.05, 4.69) is 26.8 Å². The quantitative estimate of drug-likeness (QED) is 0.565. The lowest BCUT2D eigenvalue weighted by Crippen LogP contribution is -2.25. The van der Waals surface area contributed by atoms with Gasteiger partial charge in [-0.25, -0.2) is 4.79 Å². The second kappa shape index (κ2) is 7.66. The third-order valence-corrected chi connectivity index (χ3v) is 4.76. The van der Waals surface area contributed by atoms with Crippen LogP contribution in [-0.2, 0) is 9.53 Å². The summed E-state index contributed by atoms with van der Waals surface area (Å²) in [6.07, 6.45) is 8.83. The number of ether oxygens (including phenoxy) is 1. The fourth-order valence-corrected chi connectivity index (χ4v) is 3.58. The predicted molar refractivity (Wildman–Crippen MR) is 88.5 cm³/mol. The van der Waals surface area contributed by atoms with Gasteiger partial charge in [-0.3, -0.25) is 0 Å². The first-order valence-corrected chi connectivity index (χ1v) is 8.44. The van der Waals surface area contributed by atoms with Crippen LogP contribution in [-0.4, -0.2) is 12.6 Å². The molecule has 122 valence electrons. The monoisotopic (exact) mass is 304 g/mol. The van der Waals surface area contributed by atoms with E-state index in [4.69, 9.17) is 9.15 Å². The standard InChI is InChI=1S/C19H28O3/c1-5-21-19(20)9-7-16-11-15(12-22-16)18-10-14(4)6-8-17(18)13(2)3/h7,9,11-14,17-18H,5-6,8,10H2,1-4H3/b9-7+/t14-,17+,18+/m1/s1. The van der Waals surface area contributed by atoms with Crippen molar-refractivity contribution in [2.75, 3.05) is 6.61 Å². The molecule has 1 aliphatic carbocycles. The molecule has 1 aliphatic rings. The third-order valence-electron chi connectivity index (χ3n) is 4.76. The molecule has 1 heterocycles. The fraction of sp³-hybridized carbons (Fsp3) is 0.632. The van der Waals surface area contributed by atoms with Crippen LogP contribution < -0.4 is 0 Å². The van der Waals surface area contributed by atoms with Crippen LogP contribution in [0.3, 0.4) is 0 Å². The Balaban J connectivity index is 2.10. The van der Waals surface area contributed by atoms with E-state index in [1.165, 1.54) is 30.9 Å².